The molecule has 0 aliphatic rings. The molecule has 1 amide bonds. The zero-order valence-electron chi connectivity index (χ0n) is 13.2. The van der Waals surface area contributed by atoms with Gasteiger partial charge in [-0.05, 0) is 36.4 Å². The lowest BCUT2D eigenvalue weighted by Gasteiger charge is -2.07. The number of hydrogen-bond acceptors (Lipinski definition) is 3. The summed E-state index contributed by atoms with van der Waals surface area (Å²) in [6.07, 6.45) is 0. The van der Waals surface area contributed by atoms with Crippen molar-refractivity contribution in [2.24, 2.45) is 0 Å². The minimum absolute atomic E-state index is 0.144. The Labute approximate surface area is 149 Å². The third-order valence-electron chi connectivity index (χ3n) is 3.45. The van der Waals surface area contributed by atoms with Gasteiger partial charge in [0.1, 0.15) is 12.4 Å². The molecule has 0 saturated carbocycles. The van der Waals surface area contributed by atoms with Gasteiger partial charge in [-0.25, -0.2) is 4.39 Å². The largest absolute Gasteiger partial charge is 0.489 e. The molecule has 3 aromatic rings. The first kappa shape index (κ1) is 17.0. The van der Waals surface area contributed by atoms with Crippen LogP contribution in [0.3, 0.4) is 0 Å². The van der Waals surface area contributed by atoms with E-state index >= 15 is 0 Å². The molecule has 0 aliphatic carbocycles. The van der Waals surface area contributed by atoms with Gasteiger partial charge in [-0.3, -0.25) is 4.79 Å². The molecule has 128 valence electrons. The lowest BCUT2D eigenvalue weighted by atomic mass is 10.2. The Morgan fingerprint density at radius 1 is 1.08 bits per heavy atom. The van der Waals surface area contributed by atoms with Crippen molar-refractivity contribution in [3.8, 4) is 17.1 Å². The molecule has 1 heterocycles. The molecule has 0 unspecified atom stereocenters. The Balaban J connectivity index is 1.54. The second-order valence-corrected chi connectivity index (χ2v) is 5.59. The van der Waals surface area contributed by atoms with Crippen molar-refractivity contribution in [2.75, 3.05) is 13.2 Å². The number of ether oxygens (including phenoxy) is 1. The van der Waals surface area contributed by atoms with Crippen molar-refractivity contribution < 1.29 is 18.3 Å². The van der Waals surface area contributed by atoms with E-state index in [0.29, 0.717) is 16.3 Å². The highest BCUT2D eigenvalue weighted by Gasteiger charge is 2.13. The molecule has 3 rings (SSSR count). The van der Waals surface area contributed by atoms with E-state index in [9.17, 15) is 9.18 Å². The zero-order chi connectivity index (χ0) is 17.6. The third-order valence-corrected chi connectivity index (χ3v) is 3.78. The summed E-state index contributed by atoms with van der Waals surface area (Å²) in [5.41, 5.74) is 0.714. The molecule has 2 aromatic carbocycles. The smallest absolute Gasteiger partial charge is 0.287 e. The van der Waals surface area contributed by atoms with Crippen LogP contribution < -0.4 is 10.1 Å². The van der Waals surface area contributed by atoms with Gasteiger partial charge in [0.15, 0.2) is 17.3 Å². The van der Waals surface area contributed by atoms with Crippen LogP contribution in [0, 0.1) is 5.82 Å². The van der Waals surface area contributed by atoms with Crippen LogP contribution in [-0.4, -0.2) is 19.1 Å². The topological polar surface area (TPSA) is 51.5 Å². The molecule has 0 spiro atoms. The third kappa shape index (κ3) is 4.19. The summed E-state index contributed by atoms with van der Waals surface area (Å²) < 4.78 is 24.2. The predicted molar refractivity (Wildman–Crippen MR) is 93.4 cm³/mol. The minimum atomic E-state index is -0.441. The number of carbonyl (C=O) groups excluding carboxylic acids is 1. The second-order valence-electron chi connectivity index (χ2n) is 5.18. The monoisotopic (exact) mass is 359 g/mol. The number of benzene rings is 2. The molecule has 0 aliphatic heterocycles. The van der Waals surface area contributed by atoms with E-state index in [1.807, 2.05) is 18.2 Å². The number of rotatable bonds is 6. The number of halogens is 2. The van der Waals surface area contributed by atoms with Crippen LogP contribution in [-0.2, 0) is 0 Å². The summed E-state index contributed by atoms with van der Waals surface area (Å²) in [5.74, 6) is 0.00889. The van der Waals surface area contributed by atoms with Crippen LogP contribution in [0.1, 0.15) is 10.6 Å². The fourth-order valence-electron chi connectivity index (χ4n) is 2.24. The summed E-state index contributed by atoms with van der Waals surface area (Å²) in [4.78, 5) is 12.1. The molecule has 0 bridgehead atoms. The van der Waals surface area contributed by atoms with Gasteiger partial charge < -0.3 is 14.5 Å². The van der Waals surface area contributed by atoms with Gasteiger partial charge in [0, 0.05) is 5.56 Å². The van der Waals surface area contributed by atoms with E-state index in [2.05, 4.69) is 5.32 Å². The van der Waals surface area contributed by atoms with E-state index in [1.165, 1.54) is 12.1 Å². The van der Waals surface area contributed by atoms with Crippen LogP contribution >= 0.6 is 11.6 Å². The fraction of sp³-hybridized carbons (Fsp3) is 0.105. The molecule has 4 nitrogen and oxygen atoms in total. The number of amides is 1. The Bertz CT molecular complexity index is 878. The first-order chi connectivity index (χ1) is 12.1. The van der Waals surface area contributed by atoms with Crippen LogP contribution in [0.2, 0.25) is 5.02 Å². The first-order valence-corrected chi connectivity index (χ1v) is 8.03. The summed E-state index contributed by atoms with van der Waals surface area (Å²) in [6, 6.07) is 16.6. The van der Waals surface area contributed by atoms with Gasteiger partial charge >= 0.3 is 0 Å². The van der Waals surface area contributed by atoms with Crippen LogP contribution in [0.5, 0.6) is 5.75 Å². The normalized spacial score (nSPS) is 10.5. The van der Waals surface area contributed by atoms with Gasteiger partial charge in [-0.2, -0.15) is 0 Å². The average molecular weight is 360 g/mol. The molecule has 0 fully saturated rings. The standard InChI is InChI=1S/C19H15ClFNO3/c20-14-6-2-1-5-13(14)16-9-10-18(25-16)19(23)22-11-12-24-17-8-4-3-7-15(17)21/h1-10H,11-12H2,(H,22,23). The molecule has 1 N–H and O–H groups in total. The second kappa shape index (κ2) is 7.85. The van der Waals surface area contributed by atoms with E-state index in [4.69, 9.17) is 20.8 Å². The van der Waals surface area contributed by atoms with Crippen molar-refractivity contribution in [2.45, 2.75) is 0 Å². The van der Waals surface area contributed by atoms with Gasteiger partial charge in [0.25, 0.3) is 5.91 Å². The molecule has 0 saturated heterocycles. The summed E-state index contributed by atoms with van der Waals surface area (Å²) in [7, 11) is 0. The molecule has 6 heteroatoms. The fourth-order valence-corrected chi connectivity index (χ4v) is 2.47. The van der Waals surface area contributed by atoms with Crippen LogP contribution in [0.4, 0.5) is 4.39 Å². The quantitative estimate of drug-likeness (QED) is 0.657. The minimum Gasteiger partial charge on any atom is -0.489 e. The van der Waals surface area contributed by atoms with Crippen molar-refractivity contribution >= 4 is 17.5 Å². The van der Waals surface area contributed by atoms with Crippen molar-refractivity contribution in [1.29, 1.82) is 0 Å². The van der Waals surface area contributed by atoms with Crippen molar-refractivity contribution in [3.63, 3.8) is 0 Å². The highest BCUT2D eigenvalue weighted by molar-refractivity contribution is 6.33. The Morgan fingerprint density at radius 3 is 2.64 bits per heavy atom. The SMILES string of the molecule is O=C(NCCOc1ccccc1F)c1ccc(-c2ccccc2Cl)o1. The van der Waals surface area contributed by atoms with Gasteiger partial charge in [0.05, 0.1) is 11.6 Å². The highest BCUT2D eigenvalue weighted by Crippen LogP contribution is 2.28. The van der Waals surface area contributed by atoms with E-state index in [1.54, 1.807) is 30.3 Å². The lowest BCUT2D eigenvalue weighted by molar-refractivity contribution is 0.0920. The van der Waals surface area contributed by atoms with E-state index in [0.717, 1.165) is 0 Å². The Morgan fingerprint density at radius 2 is 1.84 bits per heavy atom. The average Bonchev–Trinajstić information content (AvgIpc) is 3.10. The number of nitrogens with one attached hydrogen (secondary N) is 1. The molecule has 25 heavy (non-hydrogen) atoms. The zero-order valence-corrected chi connectivity index (χ0v) is 13.9. The Kier molecular flexibility index (Phi) is 5.36. The van der Waals surface area contributed by atoms with Crippen LogP contribution in [0.25, 0.3) is 11.3 Å². The first-order valence-electron chi connectivity index (χ1n) is 7.65. The maximum Gasteiger partial charge on any atom is 0.287 e. The van der Waals surface area contributed by atoms with Gasteiger partial charge in [-0.1, -0.05) is 35.9 Å². The van der Waals surface area contributed by atoms with Crippen LogP contribution in [0.15, 0.2) is 65.1 Å². The lowest BCUT2D eigenvalue weighted by Crippen LogP contribution is -2.27. The number of para-hydroxylation sites is 1. The number of furan rings is 1. The van der Waals surface area contributed by atoms with Gasteiger partial charge in [-0.15, -0.1) is 0 Å². The van der Waals surface area contributed by atoms with E-state index < -0.39 is 5.82 Å². The summed E-state index contributed by atoms with van der Waals surface area (Å²) in [6.45, 7) is 0.361. The maximum absolute atomic E-state index is 13.4. The summed E-state index contributed by atoms with van der Waals surface area (Å²) >= 11 is 6.11. The Hall–Kier alpha value is -2.79. The van der Waals surface area contributed by atoms with E-state index in [-0.39, 0.29) is 30.6 Å². The molecule has 1 aromatic heterocycles. The van der Waals surface area contributed by atoms with Gasteiger partial charge in [0.2, 0.25) is 0 Å². The maximum atomic E-state index is 13.4. The molecular formula is C19H15ClFNO3. The number of carbonyl (C=O) groups is 1. The number of hydrogen-bond donors (Lipinski definition) is 1. The molecule has 0 atom stereocenters. The molecule has 0 radical (unpaired) electrons. The van der Waals surface area contributed by atoms with Crippen molar-refractivity contribution in [3.05, 3.63) is 77.3 Å². The summed E-state index contributed by atoms with van der Waals surface area (Å²) in [5, 5.41) is 3.20. The predicted octanol–water partition coefficient (Wildman–Crippen LogP) is 4.55. The van der Waals surface area contributed by atoms with Crippen molar-refractivity contribution in [1.82, 2.24) is 5.32 Å². The molecular weight excluding hydrogens is 345 g/mol. The highest BCUT2D eigenvalue weighted by atomic mass is 35.5.